The first-order valence-electron chi connectivity index (χ1n) is 8.79. The van der Waals surface area contributed by atoms with Gasteiger partial charge in [0.15, 0.2) is 0 Å². The van der Waals surface area contributed by atoms with Crippen molar-refractivity contribution in [1.29, 1.82) is 0 Å². The lowest BCUT2D eigenvalue weighted by molar-refractivity contribution is 0.263. The van der Waals surface area contributed by atoms with Crippen molar-refractivity contribution in [2.75, 3.05) is 13.1 Å². The van der Waals surface area contributed by atoms with Crippen molar-refractivity contribution in [2.45, 2.75) is 39.7 Å². The van der Waals surface area contributed by atoms with Gasteiger partial charge < -0.3 is 0 Å². The molecule has 1 fully saturated rings. The Labute approximate surface area is 147 Å². The van der Waals surface area contributed by atoms with E-state index in [1.807, 2.05) is 13.8 Å². The Hall–Kier alpha value is -2.54. The molecule has 0 amide bonds. The van der Waals surface area contributed by atoms with Gasteiger partial charge in [-0.25, -0.2) is 0 Å². The summed E-state index contributed by atoms with van der Waals surface area (Å²) >= 11 is 0. The Morgan fingerprint density at radius 1 is 1.16 bits per heavy atom. The van der Waals surface area contributed by atoms with Crippen LogP contribution in [0.4, 0.5) is 0 Å². The maximum absolute atomic E-state index is 4.60. The van der Waals surface area contributed by atoms with Crippen molar-refractivity contribution >= 4 is 0 Å². The first-order valence-corrected chi connectivity index (χ1v) is 8.79. The highest BCUT2D eigenvalue weighted by Crippen LogP contribution is 2.32. The Bertz CT molecular complexity index is 860. The molecule has 0 aliphatic carbocycles. The summed E-state index contributed by atoms with van der Waals surface area (Å²) in [7, 11) is 0. The van der Waals surface area contributed by atoms with Crippen molar-refractivity contribution in [2.24, 2.45) is 0 Å². The molecular formula is C18H23N7. The van der Waals surface area contributed by atoms with E-state index in [0.29, 0.717) is 12.0 Å². The van der Waals surface area contributed by atoms with Gasteiger partial charge in [-0.3, -0.25) is 4.90 Å². The maximum Gasteiger partial charge on any atom is 0.290 e. The summed E-state index contributed by atoms with van der Waals surface area (Å²) in [6, 6.07) is 9.25. The molecule has 1 N–H and O–H groups in total. The molecule has 1 atom stereocenters. The third-order valence-corrected chi connectivity index (χ3v) is 5.16. The highest BCUT2D eigenvalue weighted by molar-refractivity contribution is 5.69. The van der Waals surface area contributed by atoms with Crippen LogP contribution in [0.5, 0.6) is 0 Å². The van der Waals surface area contributed by atoms with Crippen molar-refractivity contribution in [3.05, 3.63) is 41.2 Å². The largest absolute Gasteiger partial charge is 0.297 e. The molecule has 0 saturated carbocycles. The van der Waals surface area contributed by atoms with E-state index in [1.165, 1.54) is 37.1 Å². The van der Waals surface area contributed by atoms with Crippen LogP contribution in [0.2, 0.25) is 0 Å². The molecule has 0 radical (unpaired) electrons. The summed E-state index contributed by atoms with van der Waals surface area (Å²) in [4.78, 5) is 2.56. The number of nitrogens with zero attached hydrogens (tertiary/aromatic N) is 6. The highest BCUT2D eigenvalue weighted by Gasteiger charge is 2.21. The zero-order chi connectivity index (χ0) is 17.4. The van der Waals surface area contributed by atoms with E-state index in [1.54, 1.807) is 4.68 Å². The molecule has 0 bridgehead atoms. The molecule has 4 rings (SSSR count). The van der Waals surface area contributed by atoms with Crippen LogP contribution in [0, 0.1) is 13.8 Å². The quantitative estimate of drug-likeness (QED) is 0.792. The van der Waals surface area contributed by atoms with Gasteiger partial charge in [-0.2, -0.15) is 15.0 Å². The standard InChI is InChI=1S/C18H23N7/c1-12-17(14(3)25(21-12)18-19-22-23-20-18)16-8-6-7-15(11-16)13(2)24-9-4-5-10-24/h6-8,11,13H,4-5,9-10H2,1-3H3,(H,19,20,22,23). The summed E-state index contributed by atoms with van der Waals surface area (Å²) in [6.45, 7) is 8.75. The van der Waals surface area contributed by atoms with E-state index in [0.717, 1.165) is 17.0 Å². The van der Waals surface area contributed by atoms with E-state index in [-0.39, 0.29) is 0 Å². The summed E-state index contributed by atoms with van der Waals surface area (Å²) in [5, 5.41) is 18.8. The van der Waals surface area contributed by atoms with E-state index < -0.39 is 0 Å². The number of aromatic nitrogens is 6. The van der Waals surface area contributed by atoms with Crippen molar-refractivity contribution < 1.29 is 0 Å². The number of hydrogen-bond acceptors (Lipinski definition) is 5. The molecule has 1 aliphatic rings. The SMILES string of the molecule is Cc1nn(-c2nn[nH]n2)c(C)c1-c1cccc(C(C)N2CCCC2)c1. The second-order valence-corrected chi connectivity index (χ2v) is 6.71. The predicted octanol–water partition coefficient (Wildman–Crippen LogP) is 2.83. The van der Waals surface area contributed by atoms with Crippen LogP contribution < -0.4 is 0 Å². The predicted molar refractivity (Wildman–Crippen MR) is 95.4 cm³/mol. The number of likely N-dealkylation sites (tertiary alicyclic amines) is 1. The molecule has 3 aromatic rings. The van der Waals surface area contributed by atoms with Gasteiger partial charge in [0.1, 0.15) is 0 Å². The van der Waals surface area contributed by atoms with Gasteiger partial charge in [-0.1, -0.05) is 23.3 Å². The fraction of sp³-hybridized carbons (Fsp3) is 0.444. The van der Waals surface area contributed by atoms with Gasteiger partial charge >= 0.3 is 0 Å². The van der Waals surface area contributed by atoms with Crippen molar-refractivity contribution in [1.82, 2.24) is 35.3 Å². The average molecular weight is 337 g/mol. The van der Waals surface area contributed by atoms with Crippen molar-refractivity contribution in [3.8, 4) is 17.1 Å². The normalized spacial score (nSPS) is 16.4. The number of hydrogen-bond donors (Lipinski definition) is 1. The first-order chi connectivity index (χ1) is 12.1. The highest BCUT2D eigenvalue weighted by atomic mass is 15.5. The fourth-order valence-electron chi connectivity index (χ4n) is 3.80. The number of aryl methyl sites for hydroxylation is 1. The fourth-order valence-corrected chi connectivity index (χ4v) is 3.80. The monoisotopic (exact) mass is 337 g/mol. The van der Waals surface area contributed by atoms with Gasteiger partial charge in [-0.15, -0.1) is 5.10 Å². The molecule has 7 nitrogen and oxygen atoms in total. The molecule has 1 aromatic carbocycles. The number of rotatable bonds is 4. The van der Waals surface area contributed by atoms with E-state index >= 15 is 0 Å². The second kappa shape index (κ2) is 6.40. The lowest BCUT2D eigenvalue weighted by Crippen LogP contribution is -2.23. The van der Waals surface area contributed by atoms with Gasteiger partial charge in [0, 0.05) is 11.6 Å². The van der Waals surface area contributed by atoms with Crippen LogP contribution >= 0.6 is 0 Å². The Morgan fingerprint density at radius 3 is 2.68 bits per heavy atom. The van der Waals surface area contributed by atoms with Gasteiger partial charge in [0.05, 0.1) is 11.4 Å². The average Bonchev–Trinajstić information content (AvgIpc) is 3.36. The zero-order valence-electron chi connectivity index (χ0n) is 14.9. The van der Waals surface area contributed by atoms with E-state index in [9.17, 15) is 0 Å². The van der Waals surface area contributed by atoms with Crippen LogP contribution in [0.1, 0.15) is 42.8 Å². The maximum atomic E-state index is 4.60. The summed E-state index contributed by atoms with van der Waals surface area (Å²) in [5.74, 6) is 0.466. The van der Waals surface area contributed by atoms with Crippen LogP contribution in [-0.2, 0) is 0 Å². The van der Waals surface area contributed by atoms with Crippen LogP contribution in [0.15, 0.2) is 24.3 Å². The smallest absolute Gasteiger partial charge is 0.290 e. The second-order valence-electron chi connectivity index (χ2n) is 6.71. The lowest BCUT2D eigenvalue weighted by Gasteiger charge is -2.24. The number of benzene rings is 1. The summed E-state index contributed by atoms with van der Waals surface area (Å²) in [6.07, 6.45) is 2.61. The van der Waals surface area contributed by atoms with Crippen molar-refractivity contribution in [3.63, 3.8) is 0 Å². The Morgan fingerprint density at radius 2 is 1.96 bits per heavy atom. The van der Waals surface area contributed by atoms with Gasteiger partial charge in [0.2, 0.25) is 0 Å². The van der Waals surface area contributed by atoms with Crippen LogP contribution in [0.25, 0.3) is 17.1 Å². The molecule has 3 heterocycles. The van der Waals surface area contributed by atoms with Gasteiger partial charge in [0.25, 0.3) is 5.95 Å². The molecular weight excluding hydrogens is 314 g/mol. The Kier molecular flexibility index (Phi) is 4.09. The van der Waals surface area contributed by atoms with Gasteiger partial charge in [-0.05, 0) is 69.1 Å². The minimum atomic E-state index is 0.440. The summed E-state index contributed by atoms with van der Waals surface area (Å²) < 4.78 is 1.74. The molecule has 0 spiro atoms. The molecule has 7 heteroatoms. The molecule has 2 aromatic heterocycles. The minimum absolute atomic E-state index is 0.440. The zero-order valence-corrected chi connectivity index (χ0v) is 14.9. The Balaban J connectivity index is 1.72. The molecule has 1 aliphatic heterocycles. The molecule has 130 valence electrons. The van der Waals surface area contributed by atoms with E-state index in [2.05, 4.69) is 61.8 Å². The lowest BCUT2D eigenvalue weighted by atomic mass is 9.98. The molecule has 1 unspecified atom stereocenters. The van der Waals surface area contributed by atoms with E-state index in [4.69, 9.17) is 0 Å². The molecule has 1 saturated heterocycles. The number of H-pyrrole nitrogens is 1. The number of aromatic amines is 1. The summed E-state index contributed by atoms with van der Waals surface area (Å²) in [5.41, 5.74) is 5.66. The third-order valence-electron chi connectivity index (χ3n) is 5.16. The molecule has 25 heavy (non-hydrogen) atoms. The number of nitrogens with one attached hydrogen (secondary N) is 1. The van der Waals surface area contributed by atoms with Crippen LogP contribution in [0.3, 0.4) is 0 Å². The number of tetrazole rings is 1. The van der Waals surface area contributed by atoms with Crippen LogP contribution in [-0.4, -0.2) is 48.4 Å². The third kappa shape index (κ3) is 2.84. The minimum Gasteiger partial charge on any atom is -0.297 e. The topological polar surface area (TPSA) is 75.5 Å². The first kappa shape index (κ1) is 16.0.